The molecule has 212 valence electrons. The third-order valence-corrected chi connectivity index (χ3v) is 8.09. The lowest BCUT2D eigenvalue weighted by molar-refractivity contribution is -0.163. The smallest absolute Gasteiger partial charge is 0.365 e. The number of ether oxygens (including phenoxy) is 1. The molecule has 0 aromatic heterocycles. The minimum absolute atomic E-state index is 0.0378. The van der Waals surface area contributed by atoms with E-state index >= 15 is 0 Å². The van der Waals surface area contributed by atoms with Crippen LogP contribution in [0, 0.1) is 5.92 Å². The molecule has 1 N–H and O–H groups in total. The van der Waals surface area contributed by atoms with E-state index in [1.54, 1.807) is 26.0 Å². The Labute approximate surface area is 224 Å². The van der Waals surface area contributed by atoms with E-state index in [0.29, 0.717) is 11.1 Å². The van der Waals surface area contributed by atoms with Crippen LogP contribution in [0.25, 0.3) is 11.1 Å². The van der Waals surface area contributed by atoms with E-state index in [4.69, 9.17) is 4.74 Å². The van der Waals surface area contributed by atoms with Crippen molar-refractivity contribution in [2.45, 2.75) is 61.7 Å². The Bertz CT molecular complexity index is 1310. The second-order valence-corrected chi connectivity index (χ2v) is 12.5. The van der Waals surface area contributed by atoms with Crippen molar-refractivity contribution in [1.82, 2.24) is 10.2 Å². The van der Waals surface area contributed by atoms with E-state index in [1.165, 1.54) is 36.4 Å². The topological polar surface area (TPSA) is 92.8 Å². The van der Waals surface area contributed by atoms with Crippen LogP contribution >= 0.6 is 0 Å². The lowest BCUT2D eigenvalue weighted by Gasteiger charge is -2.32. The lowest BCUT2D eigenvalue weighted by atomic mass is 9.97. The number of ketones is 1. The van der Waals surface area contributed by atoms with Crippen LogP contribution in [0.4, 0.5) is 17.6 Å². The third kappa shape index (κ3) is 6.33. The van der Waals surface area contributed by atoms with Crippen molar-refractivity contribution in [2.24, 2.45) is 5.92 Å². The Morgan fingerprint density at radius 2 is 1.64 bits per heavy atom. The number of amides is 1. The van der Waals surface area contributed by atoms with Gasteiger partial charge in [0.2, 0.25) is 5.91 Å². The maximum atomic E-state index is 14.5. The highest BCUT2D eigenvalue weighted by molar-refractivity contribution is 7.90. The van der Waals surface area contributed by atoms with Crippen molar-refractivity contribution in [2.75, 3.05) is 19.4 Å². The zero-order valence-corrected chi connectivity index (χ0v) is 22.4. The van der Waals surface area contributed by atoms with Crippen molar-refractivity contribution in [1.29, 1.82) is 0 Å². The second-order valence-electron chi connectivity index (χ2n) is 10.4. The van der Waals surface area contributed by atoms with Gasteiger partial charge in [-0.25, -0.2) is 12.8 Å². The van der Waals surface area contributed by atoms with Gasteiger partial charge < -0.3 is 9.64 Å². The summed E-state index contributed by atoms with van der Waals surface area (Å²) in [5, 5.41) is 2.45. The number of carbonyl (C=O) groups is 2. The van der Waals surface area contributed by atoms with Gasteiger partial charge >= 0.3 is 6.18 Å². The van der Waals surface area contributed by atoms with Gasteiger partial charge in [-0.05, 0) is 41.2 Å². The van der Waals surface area contributed by atoms with Gasteiger partial charge in [-0.1, -0.05) is 50.2 Å². The summed E-state index contributed by atoms with van der Waals surface area (Å²) in [6, 6.07) is 6.87. The van der Waals surface area contributed by atoms with Gasteiger partial charge in [0.05, 0.1) is 17.5 Å². The summed E-state index contributed by atoms with van der Waals surface area (Å²) in [5.74, 6) is -1.41. The van der Waals surface area contributed by atoms with Gasteiger partial charge in [-0.2, -0.15) is 13.2 Å². The molecule has 5 atom stereocenters. The number of hydrogen-bond acceptors (Lipinski definition) is 6. The molecule has 7 nitrogen and oxygen atoms in total. The Kier molecular flexibility index (Phi) is 8.21. The summed E-state index contributed by atoms with van der Waals surface area (Å²) in [5.41, 5.74) is 1.06. The molecular weight excluding hydrogens is 540 g/mol. The van der Waals surface area contributed by atoms with Crippen LogP contribution in [-0.4, -0.2) is 75.0 Å². The first-order valence-electron chi connectivity index (χ1n) is 12.5. The first kappa shape index (κ1) is 29.2. The number of nitrogens with zero attached hydrogens (tertiary/aromatic N) is 1. The number of sulfone groups is 1. The Hall–Kier alpha value is -2.83. The maximum absolute atomic E-state index is 14.5. The molecule has 2 aromatic rings. The van der Waals surface area contributed by atoms with Gasteiger partial charge in [-0.3, -0.25) is 14.9 Å². The largest absolute Gasteiger partial charge is 0.407 e. The van der Waals surface area contributed by atoms with Crippen LogP contribution in [0.3, 0.4) is 0 Å². The predicted molar refractivity (Wildman–Crippen MR) is 135 cm³/mol. The molecule has 2 heterocycles. The van der Waals surface area contributed by atoms with Gasteiger partial charge in [0.1, 0.15) is 31.0 Å². The van der Waals surface area contributed by atoms with Crippen LogP contribution in [0.2, 0.25) is 0 Å². The van der Waals surface area contributed by atoms with Gasteiger partial charge in [0.15, 0.2) is 15.6 Å². The molecule has 2 aliphatic heterocycles. The molecule has 2 aliphatic rings. The number of likely N-dealkylation sites (tertiary alicyclic amines) is 1. The third-order valence-electron chi connectivity index (χ3n) is 6.97. The number of halogens is 4. The minimum Gasteiger partial charge on any atom is -0.365 e. The van der Waals surface area contributed by atoms with Crippen molar-refractivity contribution in [3.8, 4) is 11.1 Å². The fourth-order valence-electron chi connectivity index (χ4n) is 5.08. The average molecular weight is 571 g/mol. The molecule has 4 rings (SSSR count). The SMILES string of the molecule is CC(C)C[C@H](N[C@H](c1ccc(-c2ccc(S(C)(=O)=O)cc2)cc1)C(F)(F)F)C(=O)N1C[C@H](F)[C@H]2OCC(=O)[C@H]21. The van der Waals surface area contributed by atoms with Crippen LogP contribution in [0.15, 0.2) is 53.4 Å². The van der Waals surface area contributed by atoms with Crippen molar-refractivity contribution >= 4 is 21.5 Å². The molecule has 0 bridgehead atoms. The molecule has 0 aliphatic carbocycles. The number of benzene rings is 2. The lowest BCUT2D eigenvalue weighted by Crippen LogP contribution is -2.53. The summed E-state index contributed by atoms with van der Waals surface area (Å²) in [7, 11) is -3.39. The molecule has 12 heteroatoms. The van der Waals surface area contributed by atoms with E-state index in [-0.39, 0.29) is 29.4 Å². The Morgan fingerprint density at radius 3 is 2.15 bits per heavy atom. The quantitative estimate of drug-likeness (QED) is 0.485. The summed E-state index contributed by atoms with van der Waals surface area (Å²) in [6.07, 6.45) is -6.34. The molecule has 0 unspecified atom stereocenters. The van der Waals surface area contributed by atoms with Crippen LogP contribution in [0.5, 0.6) is 0 Å². The molecule has 0 spiro atoms. The number of carbonyl (C=O) groups excluding carboxylic acids is 2. The standard InChI is InChI=1S/C27H30F4N2O5S/c1-15(2)12-21(26(35)33-13-20(28)24-23(33)22(34)14-38-24)32-25(27(29,30)31)18-6-4-16(5-7-18)17-8-10-19(11-9-17)39(3,36)37/h4-11,15,20-21,23-25,32H,12-14H2,1-3H3/t20-,21-,23+,24+,25+/m0/s1. The van der Waals surface area contributed by atoms with Crippen molar-refractivity contribution in [3.05, 3.63) is 54.1 Å². The predicted octanol–water partition coefficient (Wildman–Crippen LogP) is 3.88. The molecule has 2 fully saturated rings. The zero-order chi connectivity index (χ0) is 28.7. The average Bonchev–Trinajstić information content (AvgIpc) is 3.40. The van der Waals surface area contributed by atoms with Gasteiger partial charge in [0.25, 0.3) is 0 Å². The number of Topliss-reactive ketones (excluding diaryl/α,β-unsaturated/α-hetero) is 1. The zero-order valence-electron chi connectivity index (χ0n) is 21.6. The normalized spacial score (nSPS) is 23.2. The number of nitrogens with one attached hydrogen (secondary N) is 1. The molecule has 1 amide bonds. The van der Waals surface area contributed by atoms with E-state index < -0.39 is 64.6 Å². The Morgan fingerprint density at radius 1 is 1.08 bits per heavy atom. The molecule has 39 heavy (non-hydrogen) atoms. The van der Waals surface area contributed by atoms with E-state index in [0.717, 1.165) is 11.2 Å². The monoisotopic (exact) mass is 570 g/mol. The number of fused-ring (bicyclic) bond motifs is 1. The molecule has 0 radical (unpaired) electrons. The molecule has 2 aromatic carbocycles. The highest BCUT2D eigenvalue weighted by Crippen LogP contribution is 2.36. The van der Waals surface area contributed by atoms with Gasteiger partial charge in [-0.15, -0.1) is 0 Å². The van der Waals surface area contributed by atoms with Gasteiger partial charge in [0, 0.05) is 6.26 Å². The van der Waals surface area contributed by atoms with Crippen LogP contribution in [0.1, 0.15) is 31.9 Å². The second kappa shape index (κ2) is 11.0. The number of hydrogen-bond donors (Lipinski definition) is 1. The molecule has 0 saturated carbocycles. The molecular formula is C27H30F4N2O5S. The fourth-order valence-corrected chi connectivity index (χ4v) is 5.71. The Balaban J connectivity index is 1.59. The van der Waals surface area contributed by atoms with E-state index in [9.17, 15) is 35.6 Å². The fraction of sp³-hybridized carbons (Fsp3) is 0.481. The number of rotatable bonds is 8. The summed E-state index contributed by atoms with van der Waals surface area (Å²) in [4.78, 5) is 26.8. The first-order valence-corrected chi connectivity index (χ1v) is 14.4. The highest BCUT2D eigenvalue weighted by atomic mass is 32.2. The molecule has 2 saturated heterocycles. The van der Waals surface area contributed by atoms with Crippen LogP contribution < -0.4 is 5.32 Å². The summed E-state index contributed by atoms with van der Waals surface area (Å²) >= 11 is 0. The highest BCUT2D eigenvalue weighted by Gasteiger charge is 2.54. The maximum Gasteiger partial charge on any atom is 0.407 e. The van der Waals surface area contributed by atoms with E-state index in [2.05, 4.69) is 5.32 Å². The summed E-state index contributed by atoms with van der Waals surface area (Å²) < 4.78 is 85.9. The van der Waals surface area contributed by atoms with E-state index in [1.807, 2.05) is 0 Å². The van der Waals surface area contributed by atoms with Crippen LogP contribution in [-0.2, 0) is 24.2 Å². The number of alkyl halides is 4. The van der Waals surface area contributed by atoms with Crippen molar-refractivity contribution in [3.63, 3.8) is 0 Å². The van der Waals surface area contributed by atoms with Crippen molar-refractivity contribution < 1.29 is 40.3 Å². The minimum atomic E-state index is -4.77. The first-order chi connectivity index (χ1) is 18.2. The summed E-state index contributed by atoms with van der Waals surface area (Å²) in [6.45, 7) is 2.75.